The zero-order valence-corrected chi connectivity index (χ0v) is 13.6. The number of amides is 2. The van der Waals surface area contributed by atoms with Crippen molar-refractivity contribution >= 4 is 17.7 Å². The van der Waals surface area contributed by atoms with Crippen LogP contribution in [0.2, 0.25) is 0 Å². The summed E-state index contributed by atoms with van der Waals surface area (Å²) in [5.41, 5.74) is 1.49. The summed E-state index contributed by atoms with van der Waals surface area (Å²) in [5, 5.41) is 5.31. The minimum atomic E-state index is -0.775. The predicted molar refractivity (Wildman–Crippen MR) is 91.1 cm³/mol. The number of hydrogen-bond acceptors (Lipinski definition) is 4. The van der Waals surface area contributed by atoms with Crippen molar-refractivity contribution in [2.75, 3.05) is 19.5 Å². The maximum absolute atomic E-state index is 12.2. The van der Waals surface area contributed by atoms with Gasteiger partial charge in [-0.05, 0) is 17.7 Å². The highest BCUT2D eigenvalue weighted by Gasteiger charge is 2.22. The molecule has 0 spiro atoms. The Bertz CT molecular complexity index is 688. The second kappa shape index (κ2) is 8.57. The van der Waals surface area contributed by atoms with E-state index in [0.717, 1.165) is 5.56 Å². The van der Waals surface area contributed by atoms with Crippen molar-refractivity contribution in [2.45, 2.75) is 12.5 Å². The number of nitrogens with one attached hydrogen (secondary N) is 2. The molecule has 1 unspecified atom stereocenters. The number of carbonyl (C=O) groups excluding carboxylic acids is 2. The maximum atomic E-state index is 12.2. The predicted octanol–water partition coefficient (Wildman–Crippen LogP) is 2.60. The summed E-state index contributed by atoms with van der Waals surface area (Å²) < 4.78 is 9.88. The molecular formula is C18H20N2O4. The molecule has 0 aromatic heterocycles. The summed E-state index contributed by atoms with van der Waals surface area (Å²) >= 11 is 0. The number of hydrogen-bond donors (Lipinski definition) is 2. The van der Waals surface area contributed by atoms with Gasteiger partial charge in [-0.2, -0.15) is 0 Å². The average Bonchev–Trinajstić information content (AvgIpc) is 2.61. The summed E-state index contributed by atoms with van der Waals surface area (Å²) in [4.78, 5) is 24.1. The van der Waals surface area contributed by atoms with Crippen molar-refractivity contribution in [2.24, 2.45) is 0 Å². The fraction of sp³-hybridized carbons (Fsp3) is 0.222. The molecule has 0 heterocycles. The van der Waals surface area contributed by atoms with Crippen LogP contribution in [-0.4, -0.2) is 32.3 Å². The summed E-state index contributed by atoms with van der Waals surface area (Å²) in [6.07, 6.45) is 0.346. The van der Waals surface area contributed by atoms with Gasteiger partial charge >= 0.3 is 12.0 Å². The molecule has 2 amide bonds. The number of esters is 1. The van der Waals surface area contributed by atoms with Crippen molar-refractivity contribution in [1.29, 1.82) is 0 Å². The third-order valence-electron chi connectivity index (χ3n) is 3.40. The second-order valence-corrected chi connectivity index (χ2v) is 5.10. The first-order chi connectivity index (χ1) is 11.6. The molecule has 0 aliphatic rings. The Hall–Kier alpha value is -3.02. The van der Waals surface area contributed by atoms with Gasteiger partial charge in [-0.15, -0.1) is 0 Å². The summed E-state index contributed by atoms with van der Waals surface area (Å²) in [6, 6.07) is 15.1. The fourth-order valence-corrected chi connectivity index (χ4v) is 2.21. The number of urea groups is 1. The number of methoxy groups -OCH3 is 2. The highest BCUT2D eigenvalue weighted by molar-refractivity contribution is 5.92. The number of anilines is 1. The normalized spacial score (nSPS) is 11.2. The molecule has 2 rings (SSSR count). The molecule has 0 saturated heterocycles. The molecular weight excluding hydrogens is 308 g/mol. The fourth-order valence-electron chi connectivity index (χ4n) is 2.21. The molecule has 2 aromatic carbocycles. The highest BCUT2D eigenvalue weighted by atomic mass is 16.5. The third-order valence-corrected chi connectivity index (χ3v) is 3.40. The summed E-state index contributed by atoms with van der Waals surface area (Å²) in [7, 11) is 2.84. The smallest absolute Gasteiger partial charge is 0.328 e. The van der Waals surface area contributed by atoms with Gasteiger partial charge in [0.25, 0.3) is 0 Å². The molecule has 24 heavy (non-hydrogen) atoms. The lowest BCUT2D eigenvalue weighted by Crippen LogP contribution is -2.45. The molecule has 2 N–H and O–H groups in total. The van der Waals surface area contributed by atoms with E-state index in [9.17, 15) is 9.59 Å². The second-order valence-electron chi connectivity index (χ2n) is 5.10. The van der Waals surface area contributed by atoms with Gasteiger partial charge in [0, 0.05) is 18.2 Å². The Morgan fingerprint density at radius 1 is 1.04 bits per heavy atom. The zero-order chi connectivity index (χ0) is 17.4. The Balaban J connectivity index is 2.02. The topological polar surface area (TPSA) is 76.7 Å². The number of ether oxygens (including phenoxy) is 2. The Labute approximate surface area is 140 Å². The van der Waals surface area contributed by atoms with Gasteiger partial charge in [0.1, 0.15) is 11.8 Å². The van der Waals surface area contributed by atoms with E-state index in [4.69, 9.17) is 9.47 Å². The van der Waals surface area contributed by atoms with Crippen LogP contribution in [0.1, 0.15) is 5.56 Å². The molecule has 0 aliphatic carbocycles. The van der Waals surface area contributed by atoms with Crippen LogP contribution in [0.5, 0.6) is 5.75 Å². The molecule has 0 fully saturated rings. The van der Waals surface area contributed by atoms with E-state index in [-0.39, 0.29) is 0 Å². The number of carbonyl (C=O) groups is 2. The molecule has 2 aromatic rings. The van der Waals surface area contributed by atoms with E-state index < -0.39 is 18.0 Å². The minimum absolute atomic E-state index is 0.346. The lowest BCUT2D eigenvalue weighted by Gasteiger charge is -2.17. The van der Waals surface area contributed by atoms with Crippen LogP contribution in [0.3, 0.4) is 0 Å². The van der Waals surface area contributed by atoms with Crippen LogP contribution in [0.15, 0.2) is 54.6 Å². The van der Waals surface area contributed by atoms with E-state index in [2.05, 4.69) is 10.6 Å². The van der Waals surface area contributed by atoms with E-state index >= 15 is 0 Å². The van der Waals surface area contributed by atoms with Crippen molar-refractivity contribution in [3.05, 3.63) is 60.2 Å². The van der Waals surface area contributed by atoms with Gasteiger partial charge in [0.2, 0.25) is 0 Å². The van der Waals surface area contributed by atoms with Crippen molar-refractivity contribution in [1.82, 2.24) is 5.32 Å². The first kappa shape index (κ1) is 17.3. The highest BCUT2D eigenvalue weighted by Crippen LogP contribution is 2.16. The van der Waals surface area contributed by atoms with E-state index in [1.165, 1.54) is 7.11 Å². The SMILES string of the molecule is COC(=O)C(Cc1ccccc1)NC(=O)Nc1cccc(OC)c1. The summed E-state index contributed by atoms with van der Waals surface area (Å²) in [6.45, 7) is 0. The van der Waals surface area contributed by atoms with Crippen LogP contribution in [0.25, 0.3) is 0 Å². The first-order valence-electron chi connectivity index (χ1n) is 7.45. The quantitative estimate of drug-likeness (QED) is 0.799. The van der Waals surface area contributed by atoms with Crippen LogP contribution >= 0.6 is 0 Å². The third kappa shape index (κ3) is 5.01. The largest absolute Gasteiger partial charge is 0.497 e. The minimum Gasteiger partial charge on any atom is -0.497 e. The zero-order valence-electron chi connectivity index (χ0n) is 13.6. The van der Waals surface area contributed by atoms with Gasteiger partial charge < -0.3 is 20.1 Å². The van der Waals surface area contributed by atoms with Gasteiger partial charge in [-0.25, -0.2) is 9.59 Å². The average molecular weight is 328 g/mol. The molecule has 0 aliphatic heterocycles. The maximum Gasteiger partial charge on any atom is 0.328 e. The molecule has 1 atom stereocenters. The van der Waals surface area contributed by atoms with Gasteiger partial charge in [-0.3, -0.25) is 0 Å². The Morgan fingerprint density at radius 3 is 2.46 bits per heavy atom. The summed E-state index contributed by atoms with van der Waals surface area (Å²) in [5.74, 6) is 0.126. The van der Waals surface area contributed by atoms with Crippen LogP contribution in [0.4, 0.5) is 10.5 Å². The Kier molecular flexibility index (Phi) is 6.19. The van der Waals surface area contributed by atoms with Crippen LogP contribution in [0, 0.1) is 0 Å². The van der Waals surface area contributed by atoms with Crippen molar-refractivity contribution in [3.8, 4) is 5.75 Å². The Morgan fingerprint density at radius 2 is 1.79 bits per heavy atom. The van der Waals surface area contributed by atoms with E-state index in [1.54, 1.807) is 31.4 Å². The van der Waals surface area contributed by atoms with Gasteiger partial charge in [0.15, 0.2) is 0 Å². The molecule has 0 saturated carbocycles. The van der Waals surface area contributed by atoms with E-state index in [1.807, 2.05) is 30.3 Å². The molecule has 6 heteroatoms. The molecule has 126 valence electrons. The van der Waals surface area contributed by atoms with Gasteiger partial charge in [0.05, 0.1) is 14.2 Å². The number of rotatable bonds is 6. The standard InChI is InChI=1S/C18H20N2O4/c1-23-15-10-6-9-14(12-15)19-18(22)20-16(17(21)24-2)11-13-7-4-3-5-8-13/h3-10,12,16H,11H2,1-2H3,(H2,19,20,22). The van der Waals surface area contributed by atoms with Crippen molar-refractivity contribution < 1.29 is 19.1 Å². The molecule has 0 radical (unpaired) electrons. The monoisotopic (exact) mass is 328 g/mol. The number of benzene rings is 2. The lowest BCUT2D eigenvalue weighted by atomic mass is 10.1. The lowest BCUT2D eigenvalue weighted by molar-refractivity contribution is -0.142. The van der Waals surface area contributed by atoms with Gasteiger partial charge in [-0.1, -0.05) is 36.4 Å². The van der Waals surface area contributed by atoms with E-state index in [0.29, 0.717) is 17.9 Å². The molecule has 0 bridgehead atoms. The molecule has 6 nitrogen and oxygen atoms in total. The van der Waals surface area contributed by atoms with Crippen LogP contribution < -0.4 is 15.4 Å². The van der Waals surface area contributed by atoms with Crippen LogP contribution in [-0.2, 0) is 16.0 Å². The first-order valence-corrected chi connectivity index (χ1v) is 7.45. The van der Waals surface area contributed by atoms with Crippen molar-refractivity contribution in [3.63, 3.8) is 0 Å².